The number of benzene rings is 3. The summed E-state index contributed by atoms with van der Waals surface area (Å²) in [5.74, 6) is 0.801. The second-order valence-corrected chi connectivity index (χ2v) is 12.3. The zero-order valence-corrected chi connectivity index (χ0v) is 22.7. The Labute approximate surface area is 227 Å². The second-order valence-electron chi connectivity index (χ2n) is 9.09. The van der Waals surface area contributed by atoms with Crippen LogP contribution in [0.2, 0.25) is 0 Å². The van der Waals surface area contributed by atoms with E-state index in [2.05, 4.69) is 70.9 Å². The van der Waals surface area contributed by atoms with Gasteiger partial charge in [0.2, 0.25) is 0 Å². The third-order valence-electron chi connectivity index (χ3n) is 6.72. The van der Waals surface area contributed by atoms with Crippen LogP contribution in [0.15, 0.2) is 72.8 Å². The molecule has 0 saturated carbocycles. The van der Waals surface area contributed by atoms with Gasteiger partial charge in [-0.05, 0) is 41.8 Å². The van der Waals surface area contributed by atoms with Crippen LogP contribution >= 0.6 is 34.0 Å². The Kier molecular flexibility index (Phi) is 5.89. The van der Waals surface area contributed by atoms with E-state index in [-0.39, 0.29) is 0 Å². The lowest BCUT2D eigenvalue weighted by molar-refractivity contribution is 0.249. The highest BCUT2D eigenvalue weighted by atomic mass is 32.1. The first-order valence-corrected chi connectivity index (χ1v) is 14.7. The van der Waals surface area contributed by atoms with Crippen molar-refractivity contribution in [2.75, 3.05) is 19.0 Å². The van der Waals surface area contributed by atoms with E-state index in [0.29, 0.717) is 0 Å². The molecule has 4 heterocycles. The number of nitrogens with one attached hydrogen (secondary N) is 1. The molecule has 0 spiro atoms. The number of hydrogen-bond donors (Lipinski definition) is 1. The molecule has 0 aliphatic carbocycles. The van der Waals surface area contributed by atoms with Crippen molar-refractivity contribution in [1.29, 1.82) is 0 Å². The molecule has 184 valence electrons. The quantitative estimate of drug-likeness (QED) is 0.232. The number of hydrogen-bond acceptors (Lipinski definition) is 8. The van der Waals surface area contributed by atoms with Gasteiger partial charge in [-0.15, -0.1) is 22.7 Å². The van der Waals surface area contributed by atoms with Crippen LogP contribution in [-0.2, 0) is 19.5 Å². The average molecular weight is 541 g/mol. The molecule has 3 aromatic carbocycles. The number of para-hydroxylation sites is 2. The first-order valence-electron chi connectivity index (χ1n) is 12.2. The van der Waals surface area contributed by atoms with Crippen LogP contribution < -0.4 is 10.1 Å². The number of thiophene rings is 1. The lowest BCUT2D eigenvalue weighted by Gasteiger charge is -2.27. The highest BCUT2D eigenvalue weighted by Gasteiger charge is 2.27. The Morgan fingerprint density at radius 1 is 0.892 bits per heavy atom. The van der Waals surface area contributed by atoms with Gasteiger partial charge in [0.15, 0.2) is 5.13 Å². The third kappa shape index (κ3) is 4.30. The number of ether oxygens (including phenoxy) is 1. The highest BCUT2D eigenvalue weighted by Crippen LogP contribution is 2.47. The first kappa shape index (κ1) is 22.9. The number of anilines is 2. The first-order chi connectivity index (χ1) is 18.2. The van der Waals surface area contributed by atoms with Crippen molar-refractivity contribution in [3.63, 3.8) is 0 Å². The van der Waals surface area contributed by atoms with Gasteiger partial charge < -0.3 is 10.1 Å². The fourth-order valence-electron chi connectivity index (χ4n) is 4.96. The van der Waals surface area contributed by atoms with Crippen LogP contribution in [0.25, 0.3) is 31.0 Å². The van der Waals surface area contributed by atoms with Crippen molar-refractivity contribution in [2.24, 2.45) is 0 Å². The van der Waals surface area contributed by atoms with Crippen molar-refractivity contribution in [3.8, 4) is 16.3 Å². The molecule has 7 rings (SSSR count). The lowest BCUT2D eigenvalue weighted by Crippen LogP contribution is -2.29. The van der Waals surface area contributed by atoms with Crippen LogP contribution in [0.3, 0.4) is 0 Å². The molecule has 6 aromatic rings. The molecule has 5 nitrogen and oxygen atoms in total. The summed E-state index contributed by atoms with van der Waals surface area (Å²) in [4.78, 5) is 13.9. The van der Waals surface area contributed by atoms with Crippen LogP contribution in [-0.4, -0.2) is 28.5 Å². The molecule has 0 bridgehead atoms. The molecule has 8 heteroatoms. The Morgan fingerprint density at radius 3 is 2.59 bits per heavy atom. The van der Waals surface area contributed by atoms with Crippen LogP contribution in [0.4, 0.5) is 10.1 Å². The minimum Gasteiger partial charge on any atom is -0.494 e. The molecule has 0 radical (unpaired) electrons. The van der Waals surface area contributed by atoms with Gasteiger partial charge in [0.05, 0.1) is 22.0 Å². The summed E-state index contributed by atoms with van der Waals surface area (Å²) in [7, 11) is 1.70. The summed E-state index contributed by atoms with van der Waals surface area (Å²) >= 11 is 5.27. The van der Waals surface area contributed by atoms with Crippen LogP contribution in [0.1, 0.15) is 16.0 Å². The molecule has 0 amide bonds. The summed E-state index contributed by atoms with van der Waals surface area (Å²) in [5, 5.41) is 6.78. The van der Waals surface area contributed by atoms with Crippen molar-refractivity contribution >= 4 is 64.6 Å². The van der Waals surface area contributed by atoms with E-state index in [0.717, 1.165) is 62.7 Å². The summed E-state index contributed by atoms with van der Waals surface area (Å²) < 4.78 is 7.88. The second kappa shape index (κ2) is 9.54. The Bertz CT molecular complexity index is 1690. The number of methoxy groups -OCH3 is 1. The summed E-state index contributed by atoms with van der Waals surface area (Å²) in [6, 6.07) is 25.2. The predicted octanol–water partition coefficient (Wildman–Crippen LogP) is 7.95. The van der Waals surface area contributed by atoms with Crippen molar-refractivity contribution in [3.05, 3.63) is 88.8 Å². The predicted molar refractivity (Wildman–Crippen MR) is 157 cm³/mol. The zero-order chi connectivity index (χ0) is 24.8. The minimum absolute atomic E-state index is 0.801. The number of thiazole rings is 2. The van der Waals surface area contributed by atoms with E-state index in [1.54, 1.807) is 29.8 Å². The standard InChI is InChI=1S/C29H24N4OS3/c1-34-21-11-7-13-23-26(21)31-29(37-23)32-28-25(27-30-20-10-5-6-12-22(20)35-27)19-14-15-33(17-24(19)36-28)16-18-8-3-2-4-9-18/h2-13H,14-17H2,1H3,(H,31,32). The fourth-order valence-corrected chi connectivity index (χ4v) is 8.32. The van der Waals surface area contributed by atoms with Crippen LogP contribution in [0.5, 0.6) is 5.75 Å². The Balaban J connectivity index is 1.29. The van der Waals surface area contributed by atoms with Crippen molar-refractivity contribution in [2.45, 2.75) is 19.5 Å². The van der Waals surface area contributed by atoms with E-state index in [4.69, 9.17) is 14.7 Å². The molecule has 0 unspecified atom stereocenters. The number of aromatic nitrogens is 2. The molecule has 1 N–H and O–H groups in total. The monoisotopic (exact) mass is 540 g/mol. The molecular formula is C29H24N4OS3. The van der Waals surface area contributed by atoms with Crippen molar-refractivity contribution < 1.29 is 4.74 Å². The number of fused-ring (bicyclic) bond motifs is 3. The highest BCUT2D eigenvalue weighted by molar-refractivity contribution is 7.24. The summed E-state index contributed by atoms with van der Waals surface area (Å²) in [6.07, 6.45) is 1.01. The number of rotatable bonds is 6. The van der Waals surface area contributed by atoms with Gasteiger partial charge in [-0.3, -0.25) is 4.90 Å². The van der Waals surface area contributed by atoms with E-state index in [9.17, 15) is 0 Å². The molecule has 0 saturated heterocycles. The summed E-state index contributed by atoms with van der Waals surface area (Å²) in [6.45, 7) is 2.95. The maximum atomic E-state index is 5.55. The van der Waals surface area contributed by atoms with E-state index >= 15 is 0 Å². The smallest absolute Gasteiger partial charge is 0.189 e. The van der Waals surface area contributed by atoms with Crippen LogP contribution in [0, 0.1) is 0 Å². The average Bonchev–Trinajstić information content (AvgIpc) is 3.63. The molecule has 0 fully saturated rings. The largest absolute Gasteiger partial charge is 0.494 e. The topological polar surface area (TPSA) is 50.3 Å². The van der Waals surface area contributed by atoms with Crippen molar-refractivity contribution in [1.82, 2.24) is 14.9 Å². The number of nitrogens with zero attached hydrogens (tertiary/aromatic N) is 3. The van der Waals surface area contributed by atoms with Gasteiger partial charge in [-0.25, -0.2) is 9.97 Å². The SMILES string of the molecule is COc1cccc2sc(Nc3sc4c(c3-c3nc5ccccc5s3)CCN(Cc3ccccc3)C4)nc12. The maximum absolute atomic E-state index is 5.55. The minimum atomic E-state index is 0.801. The molecule has 1 aliphatic rings. The van der Waals surface area contributed by atoms with E-state index < -0.39 is 0 Å². The van der Waals surface area contributed by atoms with Gasteiger partial charge in [0, 0.05) is 30.1 Å². The molecule has 3 aromatic heterocycles. The van der Waals surface area contributed by atoms with E-state index in [1.165, 1.54) is 26.3 Å². The zero-order valence-electron chi connectivity index (χ0n) is 20.2. The van der Waals surface area contributed by atoms with Gasteiger partial charge in [-0.2, -0.15) is 0 Å². The Hall–Kier alpha value is -3.30. The Morgan fingerprint density at radius 2 is 1.73 bits per heavy atom. The maximum Gasteiger partial charge on any atom is 0.189 e. The summed E-state index contributed by atoms with van der Waals surface area (Å²) in [5.41, 5.74) is 5.98. The van der Waals surface area contributed by atoms with Gasteiger partial charge >= 0.3 is 0 Å². The lowest BCUT2D eigenvalue weighted by atomic mass is 10.0. The van der Waals surface area contributed by atoms with Gasteiger partial charge in [0.25, 0.3) is 0 Å². The molecule has 1 aliphatic heterocycles. The van der Waals surface area contributed by atoms with Gasteiger partial charge in [-0.1, -0.05) is 59.9 Å². The normalized spacial score (nSPS) is 13.8. The van der Waals surface area contributed by atoms with E-state index in [1.807, 2.05) is 23.5 Å². The molecular weight excluding hydrogens is 517 g/mol. The third-order valence-corrected chi connectivity index (χ3v) is 9.84. The molecule has 37 heavy (non-hydrogen) atoms. The molecule has 0 atom stereocenters. The fraction of sp³-hybridized carbons (Fsp3) is 0.172. The van der Waals surface area contributed by atoms with Gasteiger partial charge in [0.1, 0.15) is 21.3 Å².